The number of aromatic nitrogens is 1. The van der Waals surface area contributed by atoms with E-state index in [1.807, 2.05) is 60.7 Å². The lowest BCUT2D eigenvalue weighted by Crippen LogP contribution is -1.99. The molecule has 3 aromatic rings. The SMILES string of the molecule is CN(C)N=Nc1c(-c2ccccc2)[nH]c(-c2ccccc2)c1C#N. The first-order chi connectivity index (χ1) is 11.7. The topological polar surface area (TPSA) is 67.5 Å². The van der Waals surface area contributed by atoms with Crippen LogP contribution in [0.1, 0.15) is 5.56 Å². The minimum atomic E-state index is 0.491. The third-order valence-electron chi connectivity index (χ3n) is 3.53. The van der Waals surface area contributed by atoms with E-state index >= 15 is 0 Å². The highest BCUT2D eigenvalue weighted by Gasteiger charge is 2.19. The Morgan fingerprint density at radius 3 is 1.92 bits per heavy atom. The first-order valence-corrected chi connectivity index (χ1v) is 7.56. The minimum Gasteiger partial charge on any atom is -0.352 e. The summed E-state index contributed by atoms with van der Waals surface area (Å²) in [6.45, 7) is 0. The number of aromatic amines is 1. The molecule has 5 heteroatoms. The van der Waals surface area contributed by atoms with Crippen LogP contribution in [-0.4, -0.2) is 24.1 Å². The van der Waals surface area contributed by atoms with Crippen molar-refractivity contribution in [3.63, 3.8) is 0 Å². The Labute approximate surface area is 140 Å². The Bertz CT molecular complexity index is 887. The second-order valence-corrected chi connectivity index (χ2v) is 5.48. The fraction of sp³-hybridized carbons (Fsp3) is 0.105. The monoisotopic (exact) mass is 315 g/mol. The molecule has 0 radical (unpaired) electrons. The van der Waals surface area contributed by atoms with Gasteiger partial charge in [0.25, 0.3) is 0 Å². The zero-order chi connectivity index (χ0) is 16.9. The average Bonchev–Trinajstić information content (AvgIpc) is 3.00. The number of nitriles is 1. The molecule has 0 saturated heterocycles. The molecule has 5 nitrogen and oxygen atoms in total. The van der Waals surface area contributed by atoms with Gasteiger partial charge in [0.2, 0.25) is 0 Å². The molecule has 0 unspecified atom stereocenters. The van der Waals surface area contributed by atoms with Crippen molar-refractivity contribution in [1.82, 2.24) is 9.99 Å². The van der Waals surface area contributed by atoms with Crippen LogP contribution in [0.3, 0.4) is 0 Å². The van der Waals surface area contributed by atoms with Crippen molar-refractivity contribution in [2.75, 3.05) is 14.1 Å². The highest BCUT2D eigenvalue weighted by Crippen LogP contribution is 2.39. The molecule has 1 heterocycles. The van der Waals surface area contributed by atoms with Crippen molar-refractivity contribution in [2.45, 2.75) is 0 Å². The zero-order valence-corrected chi connectivity index (χ0v) is 13.6. The highest BCUT2D eigenvalue weighted by atomic mass is 15.5. The summed E-state index contributed by atoms with van der Waals surface area (Å²) in [4.78, 5) is 3.36. The van der Waals surface area contributed by atoms with Crippen molar-refractivity contribution < 1.29 is 0 Å². The molecule has 0 fully saturated rings. The number of nitrogens with one attached hydrogen (secondary N) is 1. The Kier molecular flexibility index (Phi) is 4.39. The van der Waals surface area contributed by atoms with Crippen molar-refractivity contribution in [1.29, 1.82) is 5.26 Å². The second-order valence-electron chi connectivity index (χ2n) is 5.48. The second kappa shape index (κ2) is 6.80. The molecule has 0 spiro atoms. The van der Waals surface area contributed by atoms with E-state index in [1.54, 1.807) is 19.1 Å². The van der Waals surface area contributed by atoms with Gasteiger partial charge >= 0.3 is 0 Å². The van der Waals surface area contributed by atoms with Gasteiger partial charge in [0.05, 0.1) is 11.4 Å². The van der Waals surface area contributed by atoms with Crippen molar-refractivity contribution >= 4 is 5.69 Å². The fourth-order valence-corrected chi connectivity index (χ4v) is 2.47. The third kappa shape index (κ3) is 3.03. The van der Waals surface area contributed by atoms with Gasteiger partial charge in [-0.3, -0.25) is 5.01 Å². The number of hydrogen-bond acceptors (Lipinski definition) is 3. The van der Waals surface area contributed by atoms with Crippen LogP contribution < -0.4 is 0 Å². The van der Waals surface area contributed by atoms with Crippen LogP contribution in [0.2, 0.25) is 0 Å². The summed E-state index contributed by atoms with van der Waals surface area (Å²) in [5, 5.41) is 19.7. The number of nitrogens with zero attached hydrogens (tertiary/aromatic N) is 4. The van der Waals surface area contributed by atoms with E-state index in [1.165, 1.54) is 0 Å². The van der Waals surface area contributed by atoms with E-state index in [0.29, 0.717) is 11.3 Å². The lowest BCUT2D eigenvalue weighted by molar-refractivity contribution is 0.408. The Balaban J connectivity index is 2.25. The lowest BCUT2D eigenvalue weighted by atomic mass is 10.1. The molecule has 0 amide bonds. The summed E-state index contributed by atoms with van der Waals surface area (Å²) in [5.41, 5.74) is 4.49. The molecule has 0 aliphatic rings. The number of H-pyrrole nitrogens is 1. The number of hydrogen-bond donors (Lipinski definition) is 1. The smallest absolute Gasteiger partial charge is 0.131 e. The van der Waals surface area contributed by atoms with Gasteiger partial charge in [0.15, 0.2) is 0 Å². The van der Waals surface area contributed by atoms with Crippen LogP contribution >= 0.6 is 0 Å². The molecule has 1 aromatic heterocycles. The van der Waals surface area contributed by atoms with Crippen LogP contribution in [0.25, 0.3) is 22.5 Å². The molecule has 3 rings (SSSR count). The van der Waals surface area contributed by atoms with Gasteiger partial charge < -0.3 is 4.98 Å². The Hall–Kier alpha value is -3.39. The molecule has 0 bridgehead atoms. The average molecular weight is 315 g/mol. The fourth-order valence-electron chi connectivity index (χ4n) is 2.47. The van der Waals surface area contributed by atoms with Crippen LogP contribution in [0.4, 0.5) is 5.69 Å². The van der Waals surface area contributed by atoms with E-state index in [2.05, 4.69) is 21.4 Å². The van der Waals surface area contributed by atoms with Gasteiger partial charge in [-0.1, -0.05) is 65.9 Å². The number of benzene rings is 2. The largest absolute Gasteiger partial charge is 0.352 e. The predicted molar refractivity (Wildman–Crippen MR) is 94.6 cm³/mol. The van der Waals surface area contributed by atoms with E-state index < -0.39 is 0 Å². The highest BCUT2D eigenvalue weighted by molar-refractivity contribution is 5.86. The van der Waals surface area contributed by atoms with Crippen molar-refractivity contribution in [2.24, 2.45) is 10.3 Å². The van der Waals surface area contributed by atoms with Gasteiger partial charge in [-0.05, 0) is 5.56 Å². The molecule has 0 atom stereocenters. The van der Waals surface area contributed by atoms with Crippen molar-refractivity contribution in [3.05, 3.63) is 66.2 Å². The molecule has 1 N–H and O–H groups in total. The summed E-state index contributed by atoms with van der Waals surface area (Å²) in [6.07, 6.45) is 0. The van der Waals surface area contributed by atoms with Gasteiger partial charge in [0.1, 0.15) is 17.3 Å². The van der Waals surface area contributed by atoms with Crippen LogP contribution in [0.15, 0.2) is 71.0 Å². The van der Waals surface area contributed by atoms with E-state index in [-0.39, 0.29) is 0 Å². The van der Waals surface area contributed by atoms with Gasteiger partial charge in [0, 0.05) is 19.7 Å². The summed E-state index contributed by atoms with van der Waals surface area (Å²) in [7, 11) is 3.59. The maximum Gasteiger partial charge on any atom is 0.131 e. The minimum absolute atomic E-state index is 0.491. The van der Waals surface area contributed by atoms with Crippen LogP contribution in [0.5, 0.6) is 0 Å². The molecular formula is C19H17N5. The zero-order valence-electron chi connectivity index (χ0n) is 13.6. The summed E-state index contributed by atoms with van der Waals surface area (Å²) >= 11 is 0. The van der Waals surface area contributed by atoms with Crippen LogP contribution in [-0.2, 0) is 0 Å². The maximum absolute atomic E-state index is 9.70. The molecule has 0 saturated carbocycles. The summed E-state index contributed by atoms with van der Waals surface area (Å²) in [6, 6.07) is 21.9. The summed E-state index contributed by atoms with van der Waals surface area (Å²) < 4.78 is 0. The standard InChI is InChI=1S/C19H17N5/c1-24(2)23-22-19-16(13-20)17(14-9-5-3-6-10-14)21-18(19)15-11-7-4-8-12-15/h3-12,21H,1-2H3. The molecular weight excluding hydrogens is 298 g/mol. The molecule has 0 aliphatic carbocycles. The van der Waals surface area contributed by atoms with Gasteiger partial charge in [-0.15, -0.1) is 5.11 Å². The first-order valence-electron chi connectivity index (χ1n) is 7.56. The third-order valence-corrected chi connectivity index (χ3v) is 3.53. The normalized spacial score (nSPS) is 10.7. The predicted octanol–water partition coefficient (Wildman–Crippen LogP) is 4.78. The molecule has 118 valence electrons. The van der Waals surface area contributed by atoms with E-state index in [0.717, 1.165) is 22.5 Å². The van der Waals surface area contributed by atoms with E-state index in [4.69, 9.17) is 0 Å². The quantitative estimate of drug-likeness (QED) is 0.556. The first kappa shape index (κ1) is 15.5. The maximum atomic E-state index is 9.70. The molecule has 0 aliphatic heterocycles. The molecule has 2 aromatic carbocycles. The van der Waals surface area contributed by atoms with Crippen LogP contribution in [0, 0.1) is 11.3 Å². The Morgan fingerprint density at radius 2 is 1.42 bits per heavy atom. The molecule has 24 heavy (non-hydrogen) atoms. The Morgan fingerprint density at radius 1 is 0.875 bits per heavy atom. The van der Waals surface area contributed by atoms with E-state index in [9.17, 15) is 5.26 Å². The number of rotatable bonds is 4. The lowest BCUT2D eigenvalue weighted by Gasteiger charge is -2.02. The van der Waals surface area contributed by atoms with Gasteiger partial charge in [-0.25, -0.2) is 0 Å². The van der Waals surface area contributed by atoms with Gasteiger partial charge in [-0.2, -0.15) is 5.26 Å². The van der Waals surface area contributed by atoms with Crippen molar-refractivity contribution in [3.8, 4) is 28.6 Å². The summed E-state index contributed by atoms with van der Waals surface area (Å²) in [5.74, 6) is 0.